The standard InChI is InChI=1S/C9H8N2O/c1-7-9(12-6-11-7)8-2-4-10-5-3-8/h2-6H,1H3. The van der Waals surface area contributed by atoms with Gasteiger partial charge in [0.05, 0.1) is 5.69 Å². The van der Waals surface area contributed by atoms with Crippen molar-refractivity contribution >= 4 is 0 Å². The fraction of sp³-hybridized carbons (Fsp3) is 0.111. The minimum atomic E-state index is 0.817. The molecule has 0 saturated carbocycles. The Morgan fingerprint density at radius 2 is 2.00 bits per heavy atom. The van der Waals surface area contributed by atoms with Gasteiger partial charge in [-0.2, -0.15) is 0 Å². The number of nitrogens with zero attached hydrogens (tertiary/aromatic N) is 2. The summed E-state index contributed by atoms with van der Waals surface area (Å²) < 4.78 is 5.21. The molecule has 0 radical (unpaired) electrons. The van der Waals surface area contributed by atoms with Crippen molar-refractivity contribution in [3.8, 4) is 11.3 Å². The normalized spacial score (nSPS) is 10.1. The first-order valence-electron chi connectivity index (χ1n) is 3.68. The van der Waals surface area contributed by atoms with Gasteiger partial charge in [0.15, 0.2) is 12.2 Å². The van der Waals surface area contributed by atoms with Crippen molar-refractivity contribution in [1.82, 2.24) is 9.97 Å². The summed E-state index contributed by atoms with van der Waals surface area (Å²) in [7, 11) is 0. The van der Waals surface area contributed by atoms with Crippen molar-refractivity contribution in [1.29, 1.82) is 0 Å². The van der Waals surface area contributed by atoms with Crippen molar-refractivity contribution in [3.63, 3.8) is 0 Å². The largest absolute Gasteiger partial charge is 0.443 e. The van der Waals surface area contributed by atoms with Crippen LogP contribution >= 0.6 is 0 Å². The van der Waals surface area contributed by atoms with Crippen molar-refractivity contribution in [3.05, 3.63) is 36.6 Å². The van der Waals surface area contributed by atoms with Gasteiger partial charge in [-0.3, -0.25) is 4.98 Å². The first kappa shape index (κ1) is 7.03. The fourth-order valence-corrected chi connectivity index (χ4v) is 1.08. The SMILES string of the molecule is Cc1ncoc1-c1ccncc1. The maximum atomic E-state index is 5.21. The Bertz CT molecular complexity index is 367. The van der Waals surface area contributed by atoms with E-state index in [1.54, 1.807) is 12.4 Å². The molecule has 60 valence electrons. The van der Waals surface area contributed by atoms with Crippen LogP contribution in [0.5, 0.6) is 0 Å². The molecule has 3 nitrogen and oxygen atoms in total. The van der Waals surface area contributed by atoms with Gasteiger partial charge in [0.2, 0.25) is 0 Å². The number of aryl methyl sites for hydroxylation is 1. The van der Waals surface area contributed by atoms with Crippen LogP contribution in [-0.4, -0.2) is 9.97 Å². The number of aromatic nitrogens is 2. The Labute approximate surface area is 70.1 Å². The van der Waals surface area contributed by atoms with Crippen LogP contribution in [-0.2, 0) is 0 Å². The maximum Gasteiger partial charge on any atom is 0.181 e. The number of pyridine rings is 1. The predicted octanol–water partition coefficient (Wildman–Crippen LogP) is 2.05. The van der Waals surface area contributed by atoms with Gasteiger partial charge in [0.1, 0.15) is 0 Å². The molecule has 12 heavy (non-hydrogen) atoms. The molecule has 0 aliphatic rings. The minimum absolute atomic E-state index is 0.817. The quantitative estimate of drug-likeness (QED) is 0.640. The lowest BCUT2D eigenvalue weighted by molar-refractivity contribution is 0.571. The van der Waals surface area contributed by atoms with E-state index in [0.717, 1.165) is 17.0 Å². The maximum absolute atomic E-state index is 5.21. The first-order valence-corrected chi connectivity index (χ1v) is 3.68. The summed E-state index contributed by atoms with van der Waals surface area (Å²) in [6.07, 6.45) is 4.92. The van der Waals surface area contributed by atoms with Gasteiger partial charge in [-0.15, -0.1) is 0 Å². The Morgan fingerprint density at radius 1 is 1.25 bits per heavy atom. The third-order valence-corrected chi connectivity index (χ3v) is 1.69. The molecule has 2 aromatic heterocycles. The van der Waals surface area contributed by atoms with Crippen molar-refractivity contribution in [2.45, 2.75) is 6.92 Å². The van der Waals surface area contributed by atoms with E-state index in [2.05, 4.69) is 9.97 Å². The van der Waals surface area contributed by atoms with Crippen molar-refractivity contribution in [2.75, 3.05) is 0 Å². The Morgan fingerprint density at radius 3 is 2.58 bits per heavy atom. The zero-order chi connectivity index (χ0) is 8.39. The number of hydrogen-bond acceptors (Lipinski definition) is 3. The second-order valence-corrected chi connectivity index (χ2v) is 2.50. The molecule has 0 atom stereocenters. The third kappa shape index (κ3) is 1.09. The molecule has 0 unspecified atom stereocenters. The molecule has 0 N–H and O–H groups in total. The summed E-state index contributed by atoms with van der Waals surface area (Å²) in [6, 6.07) is 3.79. The van der Waals surface area contributed by atoms with E-state index in [1.807, 2.05) is 19.1 Å². The molecule has 0 spiro atoms. The van der Waals surface area contributed by atoms with Crippen LogP contribution in [0, 0.1) is 6.92 Å². The topological polar surface area (TPSA) is 38.9 Å². The van der Waals surface area contributed by atoms with Crippen LogP contribution in [0.15, 0.2) is 35.3 Å². The first-order chi connectivity index (χ1) is 5.88. The van der Waals surface area contributed by atoms with Gasteiger partial charge in [-0.05, 0) is 19.1 Å². The highest BCUT2D eigenvalue weighted by Gasteiger charge is 2.04. The molecule has 0 amide bonds. The minimum Gasteiger partial charge on any atom is -0.443 e. The zero-order valence-electron chi connectivity index (χ0n) is 6.69. The third-order valence-electron chi connectivity index (χ3n) is 1.69. The zero-order valence-corrected chi connectivity index (χ0v) is 6.69. The van der Waals surface area contributed by atoms with Crippen LogP contribution in [0.1, 0.15) is 5.69 Å². The molecular weight excluding hydrogens is 152 g/mol. The highest BCUT2D eigenvalue weighted by Crippen LogP contribution is 2.20. The average molecular weight is 160 g/mol. The van der Waals surface area contributed by atoms with Crippen molar-refractivity contribution < 1.29 is 4.42 Å². The fourth-order valence-electron chi connectivity index (χ4n) is 1.08. The predicted molar refractivity (Wildman–Crippen MR) is 44.5 cm³/mol. The number of hydrogen-bond donors (Lipinski definition) is 0. The lowest BCUT2D eigenvalue weighted by atomic mass is 10.2. The number of oxazole rings is 1. The molecule has 0 aromatic carbocycles. The Balaban J connectivity index is 2.51. The summed E-state index contributed by atoms with van der Waals surface area (Å²) in [4.78, 5) is 7.93. The molecule has 0 bridgehead atoms. The molecule has 0 saturated heterocycles. The summed E-state index contributed by atoms with van der Waals surface area (Å²) in [5.41, 5.74) is 1.92. The second-order valence-electron chi connectivity index (χ2n) is 2.50. The van der Waals surface area contributed by atoms with E-state index in [1.165, 1.54) is 6.39 Å². The van der Waals surface area contributed by atoms with E-state index < -0.39 is 0 Å². The Hall–Kier alpha value is -1.64. The second kappa shape index (κ2) is 2.77. The van der Waals surface area contributed by atoms with Gasteiger partial charge in [0.25, 0.3) is 0 Å². The summed E-state index contributed by atoms with van der Waals surface area (Å²) in [5, 5.41) is 0. The number of rotatable bonds is 1. The van der Waals surface area contributed by atoms with E-state index in [-0.39, 0.29) is 0 Å². The van der Waals surface area contributed by atoms with Gasteiger partial charge in [-0.25, -0.2) is 4.98 Å². The lowest BCUT2D eigenvalue weighted by Crippen LogP contribution is -1.78. The van der Waals surface area contributed by atoms with Crippen LogP contribution in [0.3, 0.4) is 0 Å². The molecule has 0 aliphatic heterocycles. The Kier molecular flexibility index (Phi) is 1.63. The molecule has 2 rings (SSSR count). The summed E-state index contributed by atoms with van der Waals surface area (Å²) in [5.74, 6) is 0.817. The molecule has 0 fully saturated rings. The van der Waals surface area contributed by atoms with E-state index in [0.29, 0.717) is 0 Å². The molecule has 2 heterocycles. The highest BCUT2D eigenvalue weighted by molar-refractivity contribution is 5.58. The van der Waals surface area contributed by atoms with Crippen LogP contribution in [0.25, 0.3) is 11.3 Å². The van der Waals surface area contributed by atoms with Gasteiger partial charge >= 0.3 is 0 Å². The molecule has 0 aliphatic carbocycles. The molecule has 2 aromatic rings. The average Bonchev–Trinajstić information content (AvgIpc) is 2.53. The smallest absolute Gasteiger partial charge is 0.181 e. The summed E-state index contributed by atoms with van der Waals surface area (Å²) in [6.45, 7) is 1.92. The van der Waals surface area contributed by atoms with E-state index >= 15 is 0 Å². The van der Waals surface area contributed by atoms with Crippen LogP contribution in [0.2, 0.25) is 0 Å². The van der Waals surface area contributed by atoms with Gasteiger partial charge in [0, 0.05) is 18.0 Å². The lowest BCUT2D eigenvalue weighted by Gasteiger charge is -1.94. The highest BCUT2D eigenvalue weighted by atomic mass is 16.3. The van der Waals surface area contributed by atoms with E-state index in [4.69, 9.17) is 4.42 Å². The van der Waals surface area contributed by atoms with Crippen LogP contribution < -0.4 is 0 Å². The summed E-state index contributed by atoms with van der Waals surface area (Å²) >= 11 is 0. The van der Waals surface area contributed by atoms with Gasteiger partial charge in [-0.1, -0.05) is 0 Å². The van der Waals surface area contributed by atoms with Crippen LogP contribution in [0.4, 0.5) is 0 Å². The monoisotopic (exact) mass is 160 g/mol. The van der Waals surface area contributed by atoms with Gasteiger partial charge < -0.3 is 4.42 Å². The molecule has 3 heteroatoms. The van der Waals surface area contributed by atoms with E-state index in [9.17, 15) is 0 Å². The van der Waals surface area contributed by atoms with Crippen molar-refractivity contribution in [2.24, 2.45) is 0 Å². The molecular formula is C9H8N2O.